The molecule has 1 saturated heterocycles. The summed E-state index contributed by atoms with van der Waals surface area (Å²) >= 11 is 0. The first-order valence-corrected chi connectivity index (χ1v) is 9.39. The topological polar surface area (TPSA) is 3.24 Å². The maximum Gasteiger partial charge on any atom is 0.00156 e. The first-order chi connectivity index (χ1) is 11.5. The predicted molar refractivity (Wildman–Crippen MR) is 106 cm³/mol. The van der Waals surface area contributed by atoms with E-state index >= 15 is 0 Å². The summed E-state index contributed by atoms with van der Waals surface area (Å²) in [6, 6.07) is 9.23. The Morgan fingerprint density at radius 2 is 1.54 bits per heavy atom. The van der Waals surface area contributed by atoms with Crippen LogP contribution in [0.2, 0.25) is 0 Å². The number of likely N-dealkylation sites (tertiary alicyclic amines) is 1. The molecule has 0 atom stereocenters. The molecule has 1 aromatic rings. The Morgan fingerprint density at radius 3 is 2.29 bits per heavy atom. The highest BCUT2D eigenvalue weighted by Gasteiger charge is 2.15. The fraction of sp³-hybridized carbons (Fsp3) is 0.478. The summed E-state index contributed by atoms with van der Waals surface area (Å²) in [5, 5.41) is 0. The molecule has 0 saturated carbocycles. The van der Waals surface area contributed by atoms with E-state index in [1.807, 2.05) is 0 Å². The molecule has 1 aliphatic heterocycles. The molecule has 1 nitrogen and oxygen atoms in total. The van der Waals surface area contributed by atoms with Gasteiger partial charge in [-0.15, -0.1) is 0 Å². The van der Waals surface area contributed by atoms with Crippen molar-refractivity contribution >= 4 is 11.6 Å². The third-order valence-electron chi connectivity index (χ3n) is 5.74. The average molecular weight is 322 g/mol. The summed E-state index contributed by atoms with van der Waals surface area (Å²) in [6.07, 6.45) is 8.59. The van der Waals surface area contributed by atoms with Gasteiger partial charge < -0.3 is 4.90 Å². The van der Waals surface area contributed by atoms with Crippen molar-refractivity contribution in [1.82, 2.24) is 4.90 Å². The SMILES string of the molecule is CC1=C(C)C(c2ccc(/C=C3/CCCN(C)CC3)cc2)=C(C)CC1. The number of benzene rings is 1. The Kier molecular flexibility index (Phi) is 5.40. The van der Waals surface area contributed by atoms with Gasteiger partial charge in [0.15, 0.2) is 0 Å². The van der Waals surface area contributed by atoms with E-state index < -0.39 is 0 Å². The molecule has 0 aromatic heterocycles. The molecule has 1 aliphatic carbocycles. The second kappa shape index (κ2) is 7.53. The molecule has 0 amide bonds. The second-order valence-electron chi connectivity index (χ2n) is 7.64. The predicted octanol–water partition coefficient (Wildman–Crippen LogP) is 6.09. The molecule has 0 spiro atoms. The van der Waals surface area contributed by atoms with Crippen LogP contribution in [0.4, 0.5) is 0 Å². The molecule has 2 aliphatic rings. The highest BCUT2D eigenvalue weighted by molar-refractivity contribution is 5.82. The van der Waals surface area contributed by atoms with Gasteiger partial charge in [0.05, 0.1) is 0 Å². The molecular weight excluding hydrogens is 290 g/mol. The monoisotopic (exact) mass is 321 g/mol. The molecule has 1 fully saturated rings. The summed E-state index contributed by atoms with van der Waals surface area (Å²) in [7, 11) is 2.23. The zero-order valence-corrected chi connectivity index (χ0v) is 15.8. The van der Waals surface area contributed by atoms with Crippen LogP contribution < -0.4 is 0 Å². The zero-order chi connectivity index (χ0) is 17.1. The smallest absolute Gasteiger partial charge is 0.00156 e. The molecule has 128 valence electrons. The van der Waals surface area contributed by atoms with Crippen LogP contribution in [0.25, 0.3) is 11.6 Å². The molecule has 24 heavy (non-hydrogen) atoms. The zero-order valence-electron chi connectivity index (χ0n) is 15.8. The Labute approximate surface area is 147 Å². The second-order valence-corrected chi connectivity index (χ2v) is 7.64. The lowest BCUT2D eigenvalue weighted by Gasteiger charge is -2.21. The Morgan fingerprint density at radius 1 is 0.833 bits per heavy atom. The summed E-state index contributed by atoms with van der Waals surface area (Å²) in [4.78, 5) is 2.44. The van der Waals surface area contributed by atoms with Crippen molar-refractivity contribution in [2.75, 3.05) is 20.1 Å². The minimum Gasteiger partial charge on any atom is -0.306 e. The van der Waals surface area contributed by atoms with Crippen molar-refractivity contribution < 1.29 is 0 Å². The van der Waals surface area contributed by atoms with Gasteiger partial charge >= 0.3 is 0 Å². The lowest BCUT2D eigenvalue weighted by Crippen LogP contribution is -2.18. The lowest BCUT2D eigenvalue weighted by molar-refractivity contribution is 0.351. The summed E-state index contributed by atoms with van der Waals surface area (Å²) in [6.45, 7) is 9.28. The van der Waals surface area contributed by atoms with Crippen molar-refractivity contribution in [2.45, 2.75) is 52.9 Å². The molecular formula is C23H31N. The highest BCUT2D eigenvalue weighted by Crippen LogP contribution is 2.36. The van der Waals surface area contributed by atoms with E-state index in [9.17, 15) is 0 Å². The molecule has 3 rings (SSSR count). The first-order valence-electron chi connectivity index (χ1n) is 9.39. The normalized spacial score (nSPS) is 22.2. The standard InChI is InChI=1S/C23H31N/c1-17-7-8-18(2)23(19(17)3)22-11-9-21(10-12-22)16-20-6-5-14-24(4)15-13-20/h9-12,16H,5-8,13-15H2,1-4H3/b20-16-. The number of hydrogen-bond donors (Lipinski definition) is 0. The third-order valence-corrected chi connectivity index (χ3v) is 5.74. The van der Waals surface area contributed by atoms with Crippen molar-refractivity contribution in [3.8, 4) is 0 Å². The van der Waals surface area contributed by atoms with Crippen molar-refractivity contribution in [1.29, 1.82) is 0 Å². The van der Waals surface area contributed by atoms with Gasteiger partial charge in [0.1, 0.15) is 0 Å². The molecule has 1 heteroatoms. The van der Waals surface area contributed by atoms with Gasteiger partial charge in [0.25, 0.3) is 0 Å². The van der Waals surface area contributed by atoms with Crippen molar-refractivity contribution in [2.24, 2.45) is 0 Å². The van der Waals surface area contributed by atoms with Gasteiger partial charge in [0.2, 0.25) is 0 Å². The fourth-order valence-electron chi connectivity index (χ4n) is 3.96. The summed E-state index contributed by atoms with van der Waals surface area (Å²) in [5.41, 5.74) is 10.4. The highest BCUT2D eigenvalue weighted by atomic mass is 15.1. The van der Waals surface area contributed by atoms with Crippen LogP contribution in [0.15, 0.2) is 46.6 Å². The Hall–Kier alpha value is -1.60. The van der Waals surface area contributed by atoms with Gasteiger partial charge in [-0.3, -0.25) is 0 Å². The fourth-order valence-corrected chi connectivity index (χ4v) is 3.96. The number of hydrogen-bond acceptors (Lipinski definition) is 1. The van der Waals surface area contributed by atoms with Crippen LogP contribution in [0, 0.1) is 0 Å². The number of rotatable bonds is 2. The Bertz CT molecular complexity index is 685. The van der Waals surface area contributed by atoms with Gasteiger partial charge in [-0.25, -0.2) is 0 Å². The van der Waals surface area contributed by atoms with Crippen LogP contribution in [-0.4, -0.2) is 25.0 Å². The van der Waals surface area contributed by atoms with Crippen LogP contribution in [0.3, 0.4) is 0 Å². The molecule has 1 heterocycles. The van der Waals surface area contributed by atoms with E-state index in [-0.39, 0.29) is 0 Å². The van der Waals surface area contributed by atoms with E-state index in [1.54, 1.807) is 11.1 Å². The minimum atomic E-state index is 1.19. The van der Waals surface area contributed by atoms with E-state index in [4.69, 9.17) is 0 Å². The number of nitrogens with zero attached hydrogens (tertiary/aromatic N) is 1. The van der Waals surface area contributed by atoms with Gasteiger partial charge in [-0.1, -0.05) is 47.1 Å². The molecule has 0 bridgehead atoms. The molecule has 1 aromatic carbocycles. The maximum absolute atomic E-state index is 2.44. The van der Waals surface area contributed by atoms with Crippen molar-refractivity contribution in [3.05, 3.63) is 57.7 Å². The number of allylic oxidation sites excluding steroid dienone is 4. The average Bonchev–Trinajstić information content (AvgIpc) is 2.77. The molecule has 0 radical (unpaired) electrons. The van der Waals surface area contributed by atoms with E-state index in [2.05, 4.69) is 63.1 Å². The summed E-state index contributed by atoms with van der Waals surface area (Å²) in [5.74, 6) is 0. The molecule has 0 N–H and O–H groups in total. The minimum absolute atomic E-state index is 1.19. The largest absolute Gasteiger partial charge is 0.306 e. The molecule has 0 unspecified atom stereocenters. The van der Waals surface area contributed by atoms with Crippen LogP contribution in [0.1, 0.15) is 64.0 Å². The van der Waals surface area contributed by atoms with Crippen LogP contribution >= 0.6 is 0 Å². The lowest BCUT2D eigenvalue weighted by atomic mass is 9.84. The maximum atomic E-state index is 2.44. The van der Waals surface area contributed by atoms with Crippen molar-refractivity contribution in [3.63, 3.8) is 0 Å². The summed E-state index contributed by atoms with van der Waals surface area (Å²) < 4.78 is 0. The van der Waals surface area contributed by atoms with Gasteiger partial charge in [-0.05, 0) is 88.7 Å². The van der Waals surface area contributed by atoms with Gasteiger partial charge in [0, 0.05) is 6.54 Å². The van der Waals surface area contributed by atoms with E-state index in [0.29, 0.717) is 0 Å². The van der Waals surface area contributed by atoms with E-state index in [1.165, 1.54) is 73.0 Å². The first kappa shape index (κ1) is 17.2. The third kappa shape index (κ3) is 3.89. The quantitative estimate of drug-likeness (QED) is 0.637. The van der Waals surface area contributed by atoms with Gasteiger partial charge in [-0.2, -0.15) is 0 Å². The van der Waals surface area contributed by atoms with Crippen LogP contribution in [-0.2, 0) is 0 Å². The van der Waals surface area contributed by atoms with Crippen LogP contribution in [0.5, 0.6) is 0 Å². The Balaban J connectivity index is 1.81. The van der Waals surface area contributed by atoms with E-state index in [0.717, 1.165) is 0 Å².